The first-order chi connectivity index (χ1) is 1.73. The summed E-state index contributed by atoms with van der Waals surface area (Å²) in [4.78, 5) is 8.33. The minimum Gasteiger partial charge on any atom is -0.652 e. The average molecular weight is 230 g/mol. The van der Waals surface area contributed by atoms with E-state index in [0.717, 1.165) is 0 Å². The van der Waals surface area contributed by atoms with Crippen LogP contribution in [0, 0.1) is 0 Å². The summed E-state index contributed by atoms with van der Waals surface area (Å²) >= 11 is 0. The third-order valence-electron chi connectivity index (χ3n) is 0. The summed E-state index contributed by atoms with van der Waals surface area (Å²) in [6, 6.07) is 0. The molecule has 0 unspecified atom stereocenters. The van der Waals surface area contributed by atoms with Crippen LogP contribution in [0.5, 0.6) is 0 Å². The largest absolute Gasteiger partial charge is 4.00 e. The predicted molar refractivity (Wildman–Crippen MR) is 11.1 cm³/mol. The first-order valence-electron chi connectivity index (χ1n) is 0.612. The minimum absolute atomic E-state index is 0. The van der Waals surface area contributed by atoms with Crippen LogP contribution >= 0.6 is 0 Å². The zero-order valence-electron chi connectivity index (χ0n) is 3.93. The molecule has 6 heteroatoms. The topological polar surface area (TPSA) is 63.2 Å². The maximum Gasteiger partial charge on any atom is 4.00 e. The van der Waals surface area contributed by atoms with Crippen molar-refractivity contribution in [3.05, 3.63) is 0 Å². The van der Waals surface area contributed by atoms with E-state index in [-0.39, 0.29) is 115 Å². The summed E-state index contributed by atoms with van der Waals surface area (Å²) in [5.74, 6) is 0. The Bertz CT molecular complexity index is 37.9. The average Bonchev–Trinajstić information content (AvgIpc) is 0.811. The first-order valence-corrected chi connectivity index (χ1v) is 0.612. The molecule has 0 spiro atoms. The minimum atomic E-state index is -2.33. The van der Waals surface area contributed by atoms with Gasteiger partial charge in [-0.1, -0.05) is 0 Å². The van der Waals surface area contributed by atoms with Crippen molar-refractivity contribution >= 4 is 43.9 Å². The normalized spacial score (nSPS) is 3.43. The van der Waals surface area contributed by atoms with E-state index >= 15 is 0 Å². The second kappa shape index (κ2) is 16.0. The molecule has 0 radical (unpaired) electrons. The van der Waals surface area contributed by atoms with E-state index in [1.165, 1.54) is 0 Å². The zero-order valence-corrected chi connectivity index (χ0v) is 11.7. The van der Waals surface area contributed by atoms with Crippen LogP contribution in [-0.4, -0.2) is 43.9 Å². The van der Waals surface area contributed by atoms with Crippen molar-refractivity contribution in [3.8, 4) is 0 Å². The van der Waals surface area contributed by atoms with Gasteiger partial charge in [0.2, 0.25) is 0 Å². The quantitative estimate of drug-likeness (QED) is 0.390. The molecular formula is CCaKO3Zr+5. The molecular weight excluding hydrogens is 230 g/mol. The van der Waals surface area contributed by atoms with Crippen LogP contribution in [0.3, 0.4) is 0 Å². The van der Waals surface area contributed by atoms with Gasteiger partial charge < -0.3 is 15.0 Å². The van der Waals surface area contributed by atoms with Crippen LogP contribution in [0.2, 0.25) is 0 Å². The Morgan fingerprint density at radius 2 is 1.29 bits per heavy atom. The van der Waals surface area contributed by atoms with Gasteiger partial charge >= 0.3 is 115 Å². The summed E-state index contributed by atoms with van der Waals surface area (Å²) in [7, 11) is 0. The van der Waals surface area contributed by atoms with Crippen molar-refractivity contribution in [1.29, 1.82) is 0 Å². The van der Waals surface area contributed by atoms with Crippen LogP contribution in [0.25, 0.3) is 0 Å². The third kappa shape index (κ3) is 48.4. The van der Waals surface area contributed by atoms with Gasteiger partial charge in [-0.05, 0) is 6.16 Å². The van der Waals surface area contributed by atoms with Gasteiger partial charge in [0.15, 0.2) is 0 Å². The van der Waals surface area contributed by atoms with Crippen LogP contribution in [-0.2, 0) is 26.2 Å². The van der Waals surface area contributed by atoms with Crippen molar-refractivity contribution in [2.45, 2.75) is 0 Å². The van der Waals surface area contributed by atoms with Crippen LogP contribution < -0.4 is 61.6 Å². The van der Waals surface area contributed by atoms with Gasteiger partial charge in [-0.15, -0.1) is 0 Å². The molecule has 3 nitrogen and oxygen atoms in total. The molecule has 0 saturated carbocycles. The summed E-state index contributed by atoms with van der Waals surface area (Å²) in [6.45, 7) is 0. The molecule has 0 aromatic heterocycles. The fourth-order valence-corrected chi connectivity index (χ4v) is 0. The summed E-state index contributed by atoms with van der Waals surface area (Å²) in [6.07, 6.45) is -2.33. The molecule has 0 heterocycles. The second-order valence-corrected chi connectivity index (χ2v) is 0.250. The number of carboxylic acid groups (broad SMARTS) is 2. The molecule has 0 rings (SSSR count). The fraction of sp³-hybridized carbons (Fsp3) is 0. The molecule has 24 valence electrons. The van der Waals surface area contributed by atoms with E-state index in [1.807, 2.05) is 0 Å². The third-order valence-corrected chi connectivity index (χ3v) is 0. The molecule has 0 amide bonds. The SMILES string of the molecule is O=C([O-])[O-].[Ca+2].[K+].[Zr+4]. The maximum absolute atomic E-state index is 8.33. The van der Waals surface area contributed by atoms with Crippen molar-refractivity contribution in [2.24, 2.45) is 0 Å². The van der Waals surface area contributed by atoms with E-state index in [9.17, 15) is 0 Å². The molecule has 0 fully saturated rings. The Morgan fingerprint density at radius 1 is 1.29 bits per heavy atom. The van der Waals surface area contributed by atoms with E-state index in [1.54, 1.807) is 0 Å². The Kier molecular flexibility index (Phi) is 51.5. The summed E-state index contributed by atoms with van der Waals surface area (Å²) < 4.78 is 0. The fourth-order valence-electron chi connectivity index (χ4n) is 0. The van der Waals surface area contributed by atoms with Gasteiger partial charge in [-0.25, -0.2) is 0 Å². The Labute approximate surface area is 133 Å². The standard InChI is InChI=1S/CH2O3.Ca.K.Zr/c2-1(3)4;;;/h(H2,2,3,4);;;/q;+2;+1;+4/p-2. The second-order valence-electron chi connectivity index (χ2n) is 0.250. The monoisotopic (exact) mass is 229 g/mol. The van der Waals surface area contributed by atoms with Crippen molar-refractivity contribution < 1.29 is 92.6 Å². The van der Waals surface area contributed by atoms with Gasteiger partial charge in [-0.2, -0.15) is 0 Å². The number of hydrogen-bond donors (Lipinski definition) is 0. The Morgan fingerprint density at radius 3 is 1.29 bits per heavy atom. The van der Waals surface area contributed by atoms with Crippen molar-refractivity contribution in [1.82, 2.24) is 0 Å². The molecule has 0 aromatic carbocycles. The smallest absolute Gasteiger partial charge is 0.652 e. The van der Waals surface area contributed by atoms with Crippen molar-refractivity contribution in [2.75, 3.05) is 0 Å². The number of hydrogen-bond acceptors (Lipinski definition) is 3. The molecule has 0 aliphatic heterocycles. The van der Waals surface area contributed by atoms with Crippen LogP contribution in [0.1, 0.15) is 0 Å². The summed E-state index contributed by atoms with van der Waals surface area (Å²) in [5.41, 5.74) is 0. The number of carbonyl (C=O) groups excluding carboxylic acids is 1. The Hall–Kier alpha value is 3.05. The van der Waals surface area contributed by atoms with E-state index in [2.05, 4.69) is 0 Å². The summed E-state index contributed by atoms with van der Waals surface area (Å²) in [5, 5.41) is 16.7. The maximum atomic E-state index is 8.33. The molecule has 7 heavy (non-hydrogen) atoms. The molecule has 0 atom stereocenters. The van der Waals surface area contributed by atoms with Gasteiger partial charge in [0, 0.05) is 0 Å². The number of carbonyl (C=O) groups is 1. The van der Waals surface area contributed by atoms with E-state index in [4.69, 9.17) is 15.0 Å². The van der Waals surface area contributed by atoms with E-state index in [0.29, 0.717) is 0 Å². The van der Waals surface area contributed by atoms with Gasteiger partial charge in [0.05, 0.1) is 0 Å². The number of rotatable bonds is 0. The Balaban J connectivity index is -0.0000000150. The van der Waals surface area contributed by atoms with Crippen LogP contribution in [0.15, 0.2) is 0 Å². The van der Waals surface area contributed by atoms with Gasteiger partial charge in [-0.3, -0.25) is 0 Å². The van der Waals surface area contributed by atoms with E-state index < -0.39 is 6.16 Å². The molecule has 0 bridgehead atoms. The molecule has 0 aliphatic carbocycles. The molecule has 0 aromatic rings. The van der Waals surface area contributed by atoms with Crippen molar-refractivity contribution in [3.63, 3.8) is 0 Å². The van der Waals surface area contributed by atoms with Gasteiger partial charge in [0.25, 0.3) is 0 Å². The zero-order chi connectivity index (χ0) is 3.58. The first kappa shape index (κ1) is 22.5. The van der Waals surface area contributed by atoms with Gasteiger partial charge in [0.1, 0.15) is 0 Å². The van der Waals surface area contributed by atoms with Crippen LogP contribution in [0.4, 0.5) is 4.79 Å². The molecule has 0 aliphatic rings. The molecule has 0 N–H and O–H groups in total. The predicted octanol–water partition coefficient (Wildman–Crippen LogP) is -5.83. The molecule has 0 saturated heterocycles.